The number of benzene rings is 1. The van der Waals surface area contributed by atoms with E-state index in [0.29, 0.717) is 10.3 Å². The van der Waals surface area contributed by atoms with E-state index in [0.717, 1.165) is 11.3 Å². The van der Waals surface area contributed by atoms with Crippen LogP contribution in [0.15, 0.2) is 35.3 Å². The van der Waals surface area contributed by atoms with Crippen molar-refractivity contribution < 1.29 is 4.74 Å². The number of hydrogen-bond acceptors (Lipinski definition) is 3. The third-order valence-electron chi connectivity index (χ3n) is 2.22. The molecule has 2 N–H and O–H groups in total. The normalized spacial score (nSPS) is 10.1. The molecule has 0 aliphatic carbocycles. The lowest BCUT2D eigenvalue weighted by atomic mass is 10.1. The van der Waals surface area contributed by atoms with Gasteiger partial charge in [-0.25, -0.2) is 0 Å². The second kappa shape index (κ2) is 4.32. The zero-order chi connectivity index (χ0) is 11.5. The Morgan fingerprint density at radius 3 is 2.50 bits per heavy atom. The Morgan fingerprint density at radius 1 is 1.25 bits per heavy atom. The van der Waals surface area contributed by atoms with Gasteiger partial charge in [0.05, 0.1) is 12.7 Å². The molecule has 0 saturated carbocycles. The predicted octanol–water partition coefficient (Wildman–Crippen LogP) is 2.11. The minimum Gasteiger partial charge on any atom is -0.497 e. The summed E-state index contributed by atoms with van der Waals surface area (Å²) in [5.41, 5.74) is 1.17. The number of aromatic amines is 2. The molecule has 0 saturated heterocycles. The van der Waals surface area contributed by atoms with Gasteiger partial charge in [0.15, 0.2) is 4.77 Å². The quantitative estimate of drug-likeness (QED) is 0.782. The number of methoxy groups -OCH3 is 1. The largest absolute Gasteiger partial charge is 0.497 e. The van der Waals surface area contributed by atoms with Gasteiger partial charge in [0.2, 0.25) is 0 Å². The van der Waals surface area contributed by atoms with E-state index in [1.54, 1.807) is 25.4 Å². The fourth-order valence-corrected chi connectivity index (χ4v) is 1.55. The summed E-state index contributed by atoms with van der Waals surface area (Å²) < 4.78 is 5.37. The van der Waals surface area contributed by atoms with Crippen LogP contribution in [0.3, 0.4) is 0 Å². The van der Waals surface area contributed by atoms with E-state index >= 15 is 0 Å². The Hall–Kier alpha value is -1.88. The maximum absolute atomic E-state index is 11.6. The predicted molar refractivity (Wildman–Crippen MR) is 64.2 cm³/mol. The molecule has 0 aliphatic rings. The second-order valence-electron chi connectivity index (χ2n) is 3.21. The molecule has 1 heterocycles. The van der Waals surface area contributed by atoms with Crippen LogP contribution >= 0.6 is 12.2 Å². The molecule has 4 nitrogen and oxygen atoms in total. The van der Waals surface area contributed by atoms with Gasteiger partial charge in [0, 0.05) is 6.20 Å². The van der Waals surface area contributed by atoms with Gasteiger partial charge < -0.3 is 9.72 Å². The lowest BCUT2D eigenvalue weighted by molar-refractivity contribution is 0.415. The molecule has 0 atom stereocenters. The molecule has 1 aromatic heterocycles. The zero-order valence-electron chi connectivity index (χ0n) is 8.61. The van der Waals surface area contributed by atoms with Crippen LogP contribution in [0.5, 0.6) is 5.75 Å². The molecule has 0 radical (unpaired) electrons. The molecule has 0 aliphatic heterocycles. The number of nitrogens with one attached hydrogen (secondary N) is 2. The van der Waals surface area contributed by atoms with Crippen molar-refractivity contribution in [2.45, 2.75) is 0 Å². The van der Waals surface area contributed by atoms with Crippen molar-refractivity contribution in [3.63, 3.8) is 0 Å². The summed E-state index contributed by atoms with van der Waals surface area (Å²) in [6, 6.07) is 7.24. The van der Waals surface area contributed by atoms with Crippen molar-refractivity contribution in [1.82, 2.24) is 9.97 Å². The molecule has 0 fully saturated rings. The molecule has 1 aromatic carbocycles. The maximum Gasteiger partial charge on any atom is 0.259 e. The molecule has 0 amide bonds. The van der Waals surface area contributed by atoms with Crippen LogP contribution in [-0.2, 0) is 0 Å². The first kappa shape index (κ1) is 10.6. The first-order chi connectivity index (χ1) is 7.70. The molecule has 0 unspecified atom stereocenters. The third kappa shape index (κ3) is 2.04. The lowest BCUT2D eigenvalue weighted by Gasteiger charge is -2.02. The number of H-pyrrole nitrogens is 2. The van der Waals surface area contributed by atoms with Gasteiger partial charge in [0.1, 0.15) is 5.75 Å². The standard InChI is InChI=1S/C11H10N2O2S/c1-15-8-4-2-7(3-5-8)9-6-12-11(16)13-10(9)14/h2-6H,1H3,(H2,12,13,14,16). The minimum absolute atomic E-state index is 0.200. The highest BCUT2D eigenvalue weighted by molar-refractivity contribution is 7.71. The van der Waals surface area contributed by atoms with E-state index in [9.17, 15) is 4.79 Å². The molecule has 82 valence electrons. The van der Waals surface area contributed by atoms with E-state index in [4.69, 9.17) is 17.0 Å². The summed E-state index contributed by atoms with van der Waals surface area (Å²) in [7, 11) is 1.60. The summed E-state index contributed by atoms with van der Waals surface area (Å²) in [4.78, 5) is 17.0. The SMILES string of the molecule is COc1ccc(-c2c[nH]c(=S)[nH]c2=O)cc1. The Morgan fingerprint density at radius 2 is 1.94 bits per heavy atom. The summed E-state index contributed by atoms with van der Waals surface area (Å²) >= 11 is 4.82. The summed E-state index contributed by atoms with van der Waals surface area (Å²) in [6.45, 7) is 0. The Kier molecular flexibility index (Phi) is 2.87. The van der Waals surface area contributed by atoms with Gasteiger partial charge in [-0.2, -0.15) is 0 Å². The first-order valence-corrected chi connectivity index (χ1v) is 5.08. The highest BCUT2D eigenvalue weighted by atomic mass is 32.1. The number of aromatic nitrogens is 2. The monoisotopic (exact) mass is 234 g/mol. The average molecular weight is 234 g/mol. The molecule has 0 bridgehead atoms. The summed E-state index contributed by atoms with van der Waals surface area (Å²) in [5, 5.41) is 0. The van der Waals surface area contributed by atoms with Crippen molar-refractivity contribution >= 4 is 12.2 Å². The summed E-state index contributed by atoms with van der Waals surface area (Å²) in [5.74, 6) is 0.754. The number of ether oxygens (including phenoxy) is 1. The van der Waals surface area contributed by atoms with Gasteiger partial charge in [0.25, 0.3) is 5.56 Å². The Labute approximate surface area is 96.9 Å². The van der Waals surface area contributed by atoms with Gasteiger partial charge in [-0.1, -0.05) is 12.1 Å². The molecule has 2 aromatic rings. The van der Waals surface area contributed by atoms with Crippen molar-refractivity contribution in [3.8, 4) is 16.9 Å². The maximum atomic E-state index is 11.6. The van der Waals surface area contributed by atoms with Crippen LogP contribution in [-0.4, -0.2) is 17.1 Å². The summed E-state index contributed by atoms with van der Waals surface area (Å²) in [6.07, 6.45) is 1.60. The van der Waals surface area contributed by atoms with Crippen LogP contribution in [0.25, 0.3) is 11.1 Å². The smallest absolute Gasteiger partial charge is 0.259 e. The Balaban J connectivity index is 2.50. The molecular weight excluding hydrogens is 224 g/mol. The van der Waals surface area contributed by atoms with E-state index in [1.807, 2.05) is 12.1 Å². The number of rotatable bonds is 2. The third-order valence-corrected chi connectivity index (χ3v) is 2.44. The van der Waals surface area contributed by atoms with E-state index in [2.05, 4.69) is 9.97 Å². The van der Waals surface area contributed by atoms with Crippen LogP contribution in [0.4, 0.5) is 0 Å². The highest BCUT2D eigenvalue weighted by Crippen LogP contribution is 2.18. The van der Waals surface area contributed by atoms with Crippen molar-refractivity contribution in [2.75, 3.05) is 7.11 Å². The number of hydrogen-bond donors (Lipinski definition) is 2. The van der Waals surface area contributed by atoms with E-state index in [1.165, 1.54) is 0 Å². The fraction of sp³-hybridized carbons (Fsp3) is 0.0909. The molecule has 16 heavy (non-hydrogen) atoms. The van der Waals surface area contributed by atoms with Crippen LogP contribution in [0.1, 0.15) is 0 Å². The minimum atomic E-state index is -0.200. The average Bonchev–Trinajstić information content (AvgIpc) is 2.29. The van der Waals surface area contributed by atoms with Crippen LogP contribution in [0, 0.1) is 4.77 Å². The fourth-order valence-electron chi connectivity index (χ4n) is 1.39. The molecule has 2 rings (SSSR count). The molecule has 5 heteroatoms. The van der Waals surface area contributed by atoms with Crippen LogP contribution in [0.2, 0.25) is 0 Å². The second-order valence-corrected chi connectivity index (χ2v) is 3.62. The highest BCUT2D eigenvalue weighted by Gasteiger charge is 2.02. The molecule has 0 spiro atoms. The topological polar surface area (TPSA) is 57.9 Å². The first-order valence-electron chi connectivity index (χ1n) is 4.67. The van der Waals surface area contributed by atoms with E-state index < -0.39 is 0 Å². The Bertz CT molecular complexity index is 598. The van der Waals surface area contributed by atoms with E-state index in [-0.39, 0.29) is 5.56 Å². The van der Waals surface area contributed by atoms with Crippen LogP contribution < -0.4 is 10.3 Å². The zero-order valence-corrected chi connectivity index (χ0v) is 9.43. The van der Waals surface area contributed by atoms with Crippen molar-refractivity contribution in [1.29, 1.82) is 0 Å². The van der Waals surface area contributed by atoms with Crippen molar-refractivity contribution in [3.05, 3.63) is 45.6 Å². The van der Waals surface area contributed by atoms with Gasteiger partial charge >= 0.3 is 0 Å². The molecular formula is C11H10N2O2S. The van der Waals surface area contributed by atoms with Crippen molar-refractivity contribution in [2.24, 2.45) is 0 Å². The lowest BCUT2D eigenvalue weighted by Crippen LogP contribution is -2.09. The van der Waals surface area contributed by atoms with Gasteiger partial charge in [-0.15, -0.1) is 0 Å². The van der Waals surface area contributed by atoms with Gasteiger partial charge in [-0.3, -0.25) is 9.78 Å². The van der Waals surface area contributed by atoms with Gasteiger partial charge in [-0.05, 0) is 29.9 Å².